The fourth-order valence-electron chi connectivity index (χ4n) is 3.12. The predicted octanol–water partition coefficient (Wildman–Crippen LogP) is 0.468. The van der Waals surface area contributed by atoms with E-state index in [1.54, 1.807) is 25.2 Å². The molecule has 1 aromatic carbocycles. The van der Waals surface area contributed by atoms with Crippen molar-refractivity contribution < 1.29 is 9.59 Å². The number of nitrogens with zero attached hydrogens (tertiary/aromatic N) is 1. The third-order valence-corrected chi connectivity index (χ3v) is 4.60. The van der Waals surface area contributed by atoms with Crippen LogP contribution in [0.3, 0.4) is 0 Å². The van der Waals surface area contributed by atoms with Gasteiger partial charge in [-0.3, -0.25) is 19.3 Å². The quantitative estimate of drug-likeness (QED) is 0.753. The summed E-state index contributed by atoms with van der Waals surface area (Å²) in [5.41, 5.74) is 0.585. The van der Waals surface area contributed by atoms with Crippen molar-refractivity contribution in [3.05, 3.63) is 46.2 Å². The van der Waals surface area contributed by atoms with Crippen molar-refractivity contribution in [1.29, 1.82) is 0 Å². The monoisotopic (exact) mass is 342 g/mol. The molecule has 0 unspecified atom stereocenters. The zero-order valence-corrected chi connectivity index (χ0v) is 14.2. The molecule has 0 spiro atoms. The Morgan fingerprint density at radius 3 is 2.68 bits per heavy atom. The summed E-state index contributed by atoms with van der Waals surface area (Å²) < 4.78 is 0. The van der Waals surface area contributed by atoms with E-state index in [2.05, 4.69) is 20.5 Å². The number of H-pyrrole nitrogens is 1. The molecular weight excluding hydrogens is 320 g/mol. The van der Waals surface area contributed by atoms with Crippen molar-refractivity contribution in [2.75, 3.05) is 26.7 Å². The second-order valence-corrected chi connectivity index (χ2v) is 6.27. The summed E-state index contributed by atoms with van der Waals surface area (Å²) in [6.07, 6.45) is 2.99. The maximum absolute atomic E-state index is 12.5. The molecule has 0 radical (unpaired) electrons. The van der Waals surface area contributed by atoms with E-state index in [9.17, 15) is 14.4 Å². The largest absolute Gasteiger partial charge is 0.360 e. The second kappa shape index (κ2) is 7.48. The molecule has 1 aliphatic heterocycles. The van der Waals surface area contributed by atoms with Crippen LogP contribution in [-0.2, 0) is 4.79 Å². The molecule has 0 bridgehead atoms. The summed E-state index contributed by atoms with van der Waals surface area (Å²) in [5, 5.41) is 6.06. The molecule has 2 amide bonds. The number of carbonyl (C=O) groups is 2. The van der Waals surface area contributed by atoms with Crippen LogP contribution < -0.4 is 16.1 Å². The molecule has 1 aromatic heterocycles. The Kier molecular flexibility index (Phi) is 5.14. The maximum Gasteiger partial charge on any atom is 0.256 e. The SMILES string of the molecule is CNC(=O)CN1CCC(NC(=O)c2c[nH]c3ccccc3c2=O)CC1. The highest BCUT2D eigenvalue weighted by Gasteiger charge is 2.23. The zero-order chi connectivity index (χ0) is 17.8. The molecule has 2 heterocycles. The van der Waals surface area contributed by atoms with E-state index >= 15 is 0 Å². The molecule has 25 heavy (non-hydrogen) atoms. The molecule has 7 heteroatoms. The van der Waals surface area contributed by atoms with Crippen LogP contribution in [0.5, 0.6) is 0 Å². The average Bonchev–Trinajstić information content (AvgIpc) is 2.63. The highest BCUT2D eigenvalue weighted by Crippen LogP contribution is 2.11. The lowest BCUT2D eigenvalue weighted by molar-refractivity contribution is -0.122. The van der Waals surface area contributed by atoms with Gasteiger partial charge in [-0.15, -0.1) is 0 Å². The Morgan fingerprint density at radius 1 is 1.24 bits per heavy atom. The number of hydrogen-bond acceptors (Lipinski definition) is 4. The van der Waals surface area contributed by atoms with Crippen LogP contribution in [0.25, 0.3) is 10.9 Å². The van der Waals surface area contributed by atoms with E-state index in [4.69, 9.17) is 0 Å². The maximum atomic E-state index is 12.5. The number of pyridine rings is 1. The molecule has 3 N–H and O–H groups in total. The van der Waals surface area contributed by atoms with Crippen LogP contribution in [0.15, 0.2) is 35.3 Å². The standard InChI is InChI=1S/C18H22N4O3/c1-19-16(23)11-22-8-6-12(7-9-22)21-18(25)14-10-20-15-5-3-2-4-13(15)17(14)24/h2-5,10,12H,6-9,11H2,1H3,(H,19,23)(H,20,24)(H,21,25). The molecule has 3 rings (SSSR count). The molecule has 0 saturated carbocycles. The summed E-state index contributed by atoms with van der Waals surface area (Å²) in [5.74, 6) is -0.359. The zero-order valence-electron chi connectivity index (χ0n) is 14.2. The number of carbonyl (C=O) groups excluding carboxylic acids is 2. The van der Waals surface area contributed by atoms with Crippen molar-refractivity contribution >= 4 is 22.7 Å². The van der Waals surface area contributed by atoms with Crippen molar-refractivity contribution in [3.8, 4) is 0 Å². The van der Waals surface area contributed by atoms with Crippen LogP contribution in [0.2, 0.25) is 0 Å². The molecule has 1 fully saturated rings. The molecule has 2 aromatic rings. The highest BCUT2D eigenvalue weighted by atomic mass is 16.2. The van der Waals surface area contributed by atoms with Gasteiger partial charge < -0.3 is 15.6 Å². The first-order valence-electron chi connectivity index (χ1n) is 8.42. The third-order valence-electron chi connectivity index (χ3n) is 4.60. The summed E-state index contributed by atoms with van der Waals surface area (Å²) in [4.78, 5) is 41.4. The fourth-order valence-corrected chi connectivity index (χ4v) is 3.12. The van der Waals surface area contributed by atoms with Crippen molar-refractivity contribution in [3.63, 3.8) is 0 Å². The van der Waals surface area contributed by atoms with Gasteiger partial charge in [-0.25, -0.2) is 0 Å². The summed E-state index contributed by atoms with van der Waals surface area (Å²) >= 11 is 0. The van der Waals surface area contributed by atoms with Gasteiger partial charge in [0.15, 0.2) is 0 Å². The number of aromatic amines is 1. The lowest BCUT2D eigenvalue weighted by Crippen LogP contribution is -2.47. The fraction of sp³-hybridized carbons (Fsp3) is 0.389. The number of fused-ring (bicyclic) bond motifs is 1. The van der Waals surface area contributed by atoms with Gasteiger partial charge >= 0.3 is 0 Å². The van der Waals surface area contributed by atoms with Gasteiger partial charge in [-0.2, -0.15) is 0 Å². The number of para-hydroxylation sites is 1. The highest BCUT2D eigenvalue weighted by molar-refractivity contribution is 5.97. The summed E-state index contributed by atoms with van der Waals surface area (Å²) in [6.45, 7) is 1.86. The van der Waals surface area contributed by atoms with E-state index in [0.29, 0.717) is 17.4 Å². The Morgan fingerprint density at radius 2 is 1.96 bits per heavy atom. The molecular formula is C18H22N4O3. The number of rotatable bonds is 4. The van der Waals surface area contributed by atoms with Gasteiger partial charge in [0.05, 0.1) is 6.54 Å². The minimum Gasteiger partial charge on any atom is -0.360 e. The third kappa shape index (κ3) is 3.88. The normalized spacial score (nSPS) is 15.9. The first-order chi connectivity index (χ1) is 12.1. The Hall–Kier alpha value is -2.67. The van der Waals surface area contributed by atoms with Crippen molar-refractivity contribution in [2.24, 2.45) is 0 Å². The summed E-state index contributed by atoms with van der Waals surface area (Å²) in [7, 11) is 1.62. The van der Waals surface area contributed by atoms with Gasteiger partial charge in [-0.05, 0) is 25.0 Å². The molecule has 132 valence electrons. The van der Waals surface area contributed by atoms with E-state index in [1.165, 1.54) is 6.20 Å². The van der Waals surface area contributed by atoms with Gasteiger partial charge in [0.1, 0.15) is 5.56 Å². The van der Waals surface area contributed by atoms with Crippen molar-refractivity contribution in [1.82, 2.24) is 20.5 Å². The van der Waals surface area contributed by atoms with E-state index in [1.807, 2.05) is 6.07 Å². The topological polar surface area (TPSA) is 94.3 Å². The molecule has 1 aliphatic rings. The van der Waals surface area contributed by atoms with Gasteiger partial charge in [0.25, 0.3) is 5.91 Å². The molecule has 0 aliphatic carbocycles. The number of aromatic nitrogens is 1. The predicted molar refractivity (Wildman–Crippen MR) is 95.6 cm³/mol. The van der Waals surface area contributed by atoms with Crippen LogP contribution in [0.1, 0.15) is 23.2 Å². The average molecular weight is 342 g/mol. The lowest BCUT2D eigenvalue weighted by Gasteiger charge is -2.31. The number of benzene rings is 1. The number of piperidine rings is 1. The van der Waals surface area contributed by atoms with Crippen LogP contribution >= 0.6 is 0 Å². The number of nitrogens with one attached hydrogen (secondary N) is 3. The van der Waals surface area contributed by atoms with Crippen molar-refractivity contribution in [2.45, 2.75) is 18.9 Å². The van der Waals surface area contributed by atoms with Gasteiger partial charge in [0, 0.05) is 43.3 Å². The Labute approximate surface area is 145 Å². The number of hydrogen-bond donors (Lipinski definition) is 3. The number of amides is 2. The minimum absolute atomic E-state index is 0.00909. The van der Waals surface area contributed by atoms with Crippen LogP contribution in [0.4, 0.5) is 0 Å². The van der Waals surface area contributed by atoms with E-state index in [-0.39, 0.29) is 28.8 Å². The first kappa shape index (κ1) is 17.2. The first-order valence-corrected chi connectivity index (χ1v) is 8.42. The number of likely N-dealkylation sites (tertiary alicyclic amines) is 1. The number of likely N-dealkylation sites (N-methyl/N-ethyl adjacent to an activating group) is 1. The molecule has 0 atom stereocenters. The van der Waals surface area contributed by atoms with E-state index < -0.39 is 0 Å². The molecule has 7 nitrogen and oxygen atoms in total. The smallest absolute Gasteiger partial charge is 0.256 e. The molecule has 1 saturated heterocycles. The second-order valence-electron chi connectivity index (χ2n) is 6.27. The van der Waals surface area contributed by atoms with Gasteiger partial charge in [-0.1, -0.05) is 12.1 Å². The summed E-state index contributed by atoms with van der Waals surface area (Å²) in [6, 6.07) is 7.15. The van der Waals surface area contributed by atoms with Crippen LogP contribution in [0, 0.1) is 0 Å². The Bertz CT molecular complexity index is 838. The minimum atomic E-state index is -0.350. The Balaban J connectivity index is 1.63. The lowest BCUT2D eigenvalue weighted by atomic mass is 10.0. The van der Waals surface area contributed by atoms with Crippen LogP contribution in [-0.4, -0.2) is 54.4 Å². The van der Waals surface area contributed by atoms with E-state index in [0.717, 1.165) is 25.9 Å². The van der Waals surface area contributed by atoms with Gasteiger partial charge in [0.2, 0.25) is 11.3 Å².